The van der Waals surface area contributed by atoms with Crippen molar-refractivity contribution in [1.82, 2.24) is 20.2 Å². The Balaban J connectivity index is 1.25. The first kappa shape index (κ1) is 24.7. The van der Waals surface area contributed by atoms with Crippen molar-refractivity contribution in [1.29, 1.82) is 0 Å². The minimum atomic E-state index is -0.171. The molecule has 37 heavy (non-hydrogen) atoms. The molecule has 1 saturated heterocycles. The molecule has 5 rings (SSSR count). The predicted molar refractivity (Wildman–Crippen MR) is 141 cm³/mol. The number of benzene rings is 2. The van der Waals surface area contributed by atoms with Crippen LogP contribution in [0.15, 0.2) is 65.5 Å². The summed E-state index contributed by atoms with van der Waals surface area (Å²) in [5, 5.41) is 3.68. The van der Waals surface area contributed by atoms with Gasteiger partial charge in [-0.25, -0.2) is 4.98 Å². The number of carbonyl (C=O) groups excluding carboxylic acids is 2. The van der Waals surface area contributed by atoms with E-state index in [1.165, 1.54) is 0 Å². The smallest absolute Gasteiger partial charge is 0.258 e. The summed E-state index contributed by atoms with van der Waals surface area (Å²) >= 11 is 0. The number of fused-ring (bicyclic) bond motifs is 3. The lowest BCUT2D eigenvalue weighted by molar-refractivity contribution is -0.137. The van der Waals surface area contributed by atoms with E-state index in [9.17, 15) is 14.4 Å². The van der Waals surface area contributed by atoms with Crippen molar-refractivity contribution < 1.29 is 14.3 Å². The molecular formula is C29H32N4O4. The van der Waals surface area contributed by atoms with E-state index in [0.717, 1.165) is 24.2 Å². The molecule has 0 saturated carbocycles. The van der Waals surface area contributed by atoms with Crippen LogP contribution in [-0.4, -0.2) is 51.9 Å². The molecule has 2 aliphatic rings. The molecule has 0 bridgehead atoms. The number of aromatic nitrogens is 2. The molecule has 192 valence electrons. The quantitative estimate of drug-likeness (QED) is 0.535. The first-order valence-corrected chi connectivity index (χ1v) is 13.0. The Morgan fingerprint density at radius 3 is 2.84 bits per heavy atom. The predicted octanol–water partition coefficient (Wildman–Crippen LogP) is 3.30. The monoisotopic (exact) mass is 500 g/mol. The Kier molecular flexibility index (Phi) is 7.63. The van der Waals surface area contributed by atoms with Crippen molar-refractivity contribution >= 4 is 22.7 Å². The Bertz CT molecular complexity index is 1370. The fraction of sp³-hybridized carbons (Fsp3) is 0.379. The van der Waals surface area contributed by atoms with Gasteiger partial charge in [0.15, 0.2) is 6.61 Å². The maximum absolute atomic E-state index is 13.3. The van der Waals surface area contributed by atoms with Crippen molar-refractivity contribution in [3.05, 3.63) is 82.4 Å². The second-order valence-corrected chi connectivity index (χ2v) is 9.66. The van der Waals surface area contributed by atoms with Crippen LogP contribution in [-0.2, 0) is 22.4 Å². The third-order valence-corrected chi connectivity index (χ3v) is 7.13. The lowest BCUT2D eigenvalue weighted by Gasteiger charge is -2.41. The van der Waals surface area contributed by atoms with E-state index in [4.69, 9.17) is 4.74 Å². The maximum Gasteiger partial charge on any atom is 0.258 e. The summed E-state index contributed by atoms with van der Waals surface area (Å²) < 4.78 is 5.80. The number of piperidine rings is 1. The number of likely N-dealkylation sites (tertiary alicyclic amines) is 1. The van der Waals surface area contributed by atoms with Gasteiger partial charge in [-0.2, -0.15) is 0 Å². The molecule has 0 spiro atoms. The fourth-order valence-electron chi connectivity index (χ4n) is 5.28. The molecule has 2 atom stereocenters. The first-order chi connectivity index (χ1) is 18.1. The summed E-state index contributed by atoms with van der Waals surface area (Å²) in [6, 6.07) is 14.8. The van der Waals surface area contributed by atoms with Gasteiger partial charge < -0.3 is 19.9 Å². The highest BCUT2D eigenvalue weighted by Gasteiger charge is 2.34. The van der Waals surface area contributed by atoms with E-state index >= 15 is 0 Å². The molecule has 2 N–H and O–H groups in total. The Morgan fingerprint density at radius 2 is 1.92 bits per heavy atom. The van der Waals surface area contributed by atoms with Crippen LogP contribution in [0.25, 0.3) is 10.9 Å². The summed E-state index contributed by atoms with van der Waals surface area (Å²) in [6.45, 7) is 0.628. The average molecular weight is 501 g/mol. The highest BCUT2D eigenvalue weighted by atomic mass is 16.5. The number of rotatable bonds is 4. The number of amides is 2. The number of hydrogen-bond acceptors (Lipinski definition) is 5. The standard InChI is InChI=1S/C29H32N4O4/c34-27-19-37-25-15-6-2-10-20(25)9-1-5-14-24-23(31-27)13-8-18-33(24)28(35)17-7-16-26-30-22-12-4-3-11-21(22)29(36)32-26/h1-6,10-12,15,23-24H,7-9,13-14,16-19H2,(H,31,34)(H,30,32,36)/b5-1+/t23-,24-/m1/s1. The number of aryl methyl sites for hydroxylation is 1. The number of nitrogens with zero attached hydrogens (tertiary/aromatic N) is 2. The van der Waals surface area contributed by atoms with Gasteiger partial charge in [-0.1, -0.05) is 42.5 Å². The maximum atomic E-state index is 13.3. The van der Waals surface area contributed by atoms with Crippen molar-refractivity contribution in [2.75, 3.05) is 13.2 Å². The second-order valence-electron chi connectivity index (χ2n) is 9.66. The van der Waals surface area contributed by atoms with Crippen LogP contribution in [0.4, 0.5) is 0 Å². The number of ether oxygens (including phenoxy) is 1. The number of nitrogens with one attached hydrogen (secondary N) is 2. The normalized spacial score (nSPS) is 21.0. The molecule has 3 aromatic rings. The lowest BCUT2D eigenvalue weighted by atomic mass is 9.92. The summed E-state index contributed by atoms with van der Waals surface area (Å²) in [6.07, 6.45) is 8.72. The Hall–Kier alpha value is -3.94. The number of aromatic amines is 1. The van der Waals surface area contributed by atoms with Crippen molar-refractivity contribution in [3.63, 3.8) is 0 Å². The third-order valence-electron chi connectivity index (χ3n) is 7.13. The Labute approximate surface area is 215 Å². The molecule has 2 amide bonds. The highest BCUT2D eigenvalue weighted by Crippen LogP contribution is 2.24. The van der Waals surface area contributed by atoms with Crippen LogP contribution >= 0.6 is 0 Å². The van der Waals surface area contributed by atoms with Crippen molar-refractivity contribution in [3.8, 4) is 5.75 Å². The molecule has 2 aliphatic heterocycles. The molecule has 0 unspecified atom stereocenters. The molecule has 8 heteroatoms. The number of para-hydroxylation sites is 2. The molecular weight excluding hydrogens is 468 g/mol. The van der Waals surface area contributed by atoms with Gasteiger partial charge in [0, 0.05) is 25.4 Å². The van der Waals surface area contributed by atoms with E-state index in [1.54, 1.807) is 6.07 Å². The molecule has 1 fully saturated rings. The van der Waals surface area contributed by atoms with E-state index in [-0.39, 0.29) is 36.1 Å². The van der Waals surface area contributed by atoms with Gasteiger partial charge in [0.1, 0.15) is 11.6 Å². The Morgan fingerprint density at radius 1 is 1.08 bits per heavy atom. The molecule has 0 radical (unpaired) electrons. The van der Waals surface area contributed by atoms with Crippen LogP contribution in [0.2, 0.25) is 0 Å². The van der Waals surface area contributed by atoms with E-state index < -0.39 is 0 Å². The topological polar surface area (TPSA) is 104 Å². The summed E-state index contributed by atoms with van der Waals surface area (Å²) in [5.74, 6) is 1.21. The van der Waals surface area contributed by atoms with Crippen molar-refractivity contribution in [2.45, 2.75) is 57.0 Å². The zero-order chi connectivity index (χ0) is 25.6. The van der Waals surface area contributed by atoms with Crippen LogP contribution in [0.1, 0.15) is 43.5 Å². The number of hydrogen-bond donors (Lipinski definition) is 2. The minimum absolute atomic E-state index is 0.0468. The zero-order valence-electron chi connectivity index (χ0n) is 20.8. The fourth-order valence-corrected chi connectivity index (χ4v) is 5.28. The minimum Gasteiger partial charge on any atom is -0.483 e. The van der Waals surface area contributed by atoms with E-state index in [1.807, 2.05) is 47.4 Å². The van der Waals surface area contributed by atoms with Gasteiger partial charge in [-0.05, 0) is 55.9 Å². The van der Waals surface area contributed by atoms with E-state index in [2.05, 4.69) is 27.4 Å². The van der Waals surface area contributed by atoms with Gasteiger partial charge in [-0.15, -0.1) is 0 Å². The van der Waals surface area contributed by atoms with Gasteiger partial charge in [0.25, 0.3) is 11.5 Å². The first-order valence-electron chi connectivity index (χ1n) is 13.0. The van der Waals surface area contributed by atoms with Gasteiger partial charge in [0.05, 0.1) is 16.9 Å². The lowest BCUT2D eigenvalue weighted by Crippen LogP contribution is -2.57. The zero-order valence-corrected chi connectivity index (χ0v) is 20.8. The number of allylic oxidation sites excluding steroid dienone is 1. The molecule has 3 heterocycles. The number of H-pyrrole nitrogens is 1. The van der Waals surface area contributed by atoms with Crippen LogP contribution in [0, 0.1) is 0 Å². The van der Waals surface area contributed by atoms with Crippen LogP contribution in [0.5, 0.6) is 5.75 Å². The SMILES string of the molecule is O=C1COc2ccccc2C/C=C/C[C@@H]2[C@@H](CCCN2C(=O)CCCc2nc3ccccc3c(=O)[nH]2)N1. The molecule has 0 aliphatic carbocycles. The molecule has 1 aromatic heterocycles. The number of carbonyl (C=O) groups is 2. The van der Waals surface area contributed by atoms with Gasteiger partial charge in [0.2, 0.25) is 5.91 Å². The highest BCUT2D eigenvalue weighted by molar-refractivity contribution is 5.79. The van der Waals surface area contributed by atoms with Crippen LogP contribution < -0.4 is 15.6 Å². The summed E-state index contributed by atoms with van der Waals surface area (Å²) in [5.41, 5.74) is 1.53. The van der Waals surface area contributed by atoms with Crippen molar-refractivity contribution in [2.24, 2.45) is 0 Å². The summed E-state index contributed by atoms with van der Waals surface area (Å²) in [7, 11) is 0. The van der Waals surface area contributed by atoms with Crippen LogP contribution in [0.3, 0.4) is 0 Å². The average Bonchev–Trinajstić information content (AvgIpc) is 2.90. The molecule has 2 aromatic carbocycles. The van der Waals surface area contributed by atoms with Gasteiger partial charge in [-0.3, -0.25) is 14.4 Å². The summed E-state index contributed by atoms with van der Waals surface area (Å²) in [4.78, 5) is 47.7. The van der Waals surface area contributed by atoms with Gasteiger partial charge >= 0.3 is 0 Å². The molecule has 8 nitrogen and oxygen atoms in total. The largest absolute Gasteiger partial charge is 0.483 e. The second kappa shape index (κ2) is 11.4. The third kappa shape index (κ3) is 5.90. The van der Waals surface area contributed by atoms with E-state index in [0.29, 0.717) is 55.4 Å².